The maximum atomic E-state index is 13.0. The van der Waals surface area contributed by atoms with E-state index in [-0.39, 0.29) is 5.82 Å². The third-order valence-corrected chi connectivity index (χ3v) is 3.42. The minimum atomic E-state index is -0.354. The molecule has 0 radical (unpaired) electrons. The monoisotopic (exact) mass is 373 g/mol. The summed E-state index contributed by atoms with van der Waals surface area (Å²) in [4.78, 5) is 3.78. The molecule has 0 fully saturated rings. The van der Waals surface area contributed by atoms with Gasteiger partial charge in [0.1, 0.15) is 18.2 Å². The number of hydrogen-bond acceptors (Lipinski definition) is 2. The first-order valence-corrected chi connectivity index (χ1v) is 7.17. The third-order valence-electron chi connectivity index (χ3n) is 2.32. The van der Waals surface area contributed by atoms with E-state index >= 15 is 0 Å². The van der Waals surface area contributed by atoms with E-state index in [2.05, 4.69) is 36.8 Å². The van der Waals surface area contributed by atoms with Crippen molar-refractivity contribution in [2.75, 3.05) is 0 Å². The smallest absolute Gasteiger partial charge is 0.141 e. The number of ether oxygens (including phenoxy) is 1. The van der Waals surface area contributed by atoms with Gasteiger partial charge in [0.2, 0.25) is 0 Å². The average Bonchev–Trinajstić information content (AvgIpc) is 2.37. The van der Waals surface area contributed by atoms with E-state index in [1.165, 1.54) is 12.3 Å². The fourth-order valence-electron chi connectivity index (χ4n) is 1.49. The molecular weight excluding hydrogens is 365 g/mol. The molecule has 0 aliphatic rings. The van der Waals surface area contributed by atoms with Crippen molar-refractivity contribution in [1.29, 1.82) is 0 Å². The number of alkyl halides is 1. The molecule has 0 saturated carbocycles. The summed E-state index contributed by atoms with van der Waals surface area (Å²) in [7, 11) is 0. The Morgan fingerprint density at radius 3 is 2.78 bits per heavy atom. The van der Waals surface area contributed by atoms with Gasteiger partial charge in [0.05, 0.1) is 6.20 Å². The van der Waals surface area contributed by atoms with Crippen molar-refractivity contribution in [2.45, 2.75) is 11.9 Å². The average molecular weight is 375 g/mol. The highest BCUT2D eigenvalue weighted by Crippen LogP contribution is 2.26. The van der Waals surface area contributed by atoms with Gasteiger partial charge < -0.3 is 4.74 Å². The van der Waals surface area contributed by atoms with Crippen molar-refractivity contribution in [3.05, 3.63) is 58.1 Å². The summed E-state index contributed by atoms with van der Waals surface area (Å²) in [6.07, 6.45) is 2.77. The predicted octanol–water partition coefficient (Wildman–Crippen LogP) is 4.46. The lowest BCUT2D eigenvalue weighted by atomic mass is 10.2. The number of halogens is 3. The molecule has 1 aromatic heterocycles. The van der Waals surface area contributed by atoms with Crippen molar-refractivity contribution in [3.63, 3.8) is 0 Å². The number of nitrogens with zero attached hydrogens (tertiary/aromatic N) is 1. The number of pyridine rings is 1. The van der Waals surface area contributed by atoms with Crippen LogP contribution in [0.25, 0.3) is 0 Å². The summed E-state index contributed by atoms with van der Waals surface area (Å²) in [6, 6.07) is 7.19. The Morgan fingerprint density at radius 2 is 2.06 bits per heavy atom. The van der Waals surface area contributed by atoms with Crippen molar-refractivity contribution in [3.8, 4) is 5.75 Å². The van der Waals surface area contributed by atoms with Gasteiger partial charge >= 0.3 is 0 Å². The Balaban J connectivity index is 2.10. The lowest BCUT2D eigenvalue weighted by Crippen LogP contribution is -1.99. The fraction of sp³-hybridized carbons (Fsp3) is 0.154. The predicted molar refractivity (Wildman–Crippen MR) is 75.3 cm³/mol. The van der Waals surface area contributed by atoms with Gasteiger partial charge in [-0.1, -0.05) is 31.9 Å². The van der Waals surface area contributed by atoms with Crippen molar-refractivity contribution in [1.82, 2.24) is 4.98 Å². The van der Waals surface area contributed by atoms with Gasteiger partial charge in [-0.15, -0.1) is 0 Å². The summed E-state index contributed by atoms with van der Waals surface area (Å²) in [5.74, 6) is 0.423. The lowest BCUT2D eigenvalue weighted by molar-refractivity contribution is 0.302. The van der Waals surface area contributed by atoms with Gasteiger partial charge in [-0.05, 0) is 24.3 Å². The van der Waals surface area contributed by atoms with Gasteiger partial charge in [-0.3, -0.25) is 4.98 Å². The number of rotatable bonds is 4. The van der Waals surface area contributed by atoms with Crippen molar-refractivity contribution >= 4 is 31.9 Å². The van der Waals surface area contributed by atoms with E-state index < -0.39 is 0 Å². The second-order valence-corrected chi connectivity index (χ2v) is 5.16. The molecular formula is C13H10Br2FNO. The van der Waals surface area contributed by atoms with Crippen molar-refractivity contribution in [2.24, 2.45) is 0 Å². The Kier molecular flexibility index (Phi) is 4.72. The van der Waals surface area contributed by atoms with Crippen LogP contribution in [-0.2, 0) is 11.9 Å². The molecule has 2 aromatic rings. The van der Waals surface area contributed by atoms with Crippen LogP contribution in [0.3, 0.4) is 0 Å². The van der Waals surface area contributed by atoms with Gasteiger partial charge in [0.15, 0.2) is 0 Å². The van der Waals surface area contributed by atoms with E-state index in [9.17, 15) is 4.39 Å². The largest absolute Gasteiger partial charge is 0.489 e. The quantitative estimate of drug-likeness (QED) is 0.737. The SMILES string of the molecule is Fc1cncc(COc2ccc(Br)cc2CBr)c1. The molecule has 1 aromatic carbocycles. The minimum absolute atomic E-state index is 0.298. The van der Waals surface area contributed by atoms with Gasteiger partial charge in [0.25, 0.3) is 0 Å². The molecule has 18 heavy (non-hydrogen) atoms. The summed E-state index contributed by atoms with van der Waals surface area (Å²) in [5, 5.41) is 0.698. The molecule has 94 valence electrons. The van der Waals surface area contributed by atoms with E-state index in [1.807, 2.05) is 18.2 Å². The first-order chi connectivity index (χ1) is 8.69. The second-order valence-electron chi connectivity index (χ2n) is 3.69. The van der Waals surface area contributed by atoms with Crippen LogP contribution in [-0.4, -0.2) is 4.98 Å². The molecule has 0 bridgehead atoms. The Bertz CT molecular complexity index is 548. The first-order valence-electron chi connectivity index (χ1n) is 5.25. The fourth-order valence-corrected chi connectivity index (χ4v) is 2.34. The van der Waals surface area contributed by atoms with Crippen LogP contribution >= 0.6 is 31.9 Å². The molecule has 2 rings (SSSR count). The van der Waals surface area contributed by atoms with Crippen LogP contribution in [0.2, 0.25) is 0 Å². The standard InChI is InChI=1S/C13H10Br2FNO/c14-5-10-4-11(15)1-2-13(10)18-8-9-3-12(16)7-17-6-9/h1-4,6-7H,5,8H2. The molecule has 0 aliphatic carbocycles. The highest BCUT2D eigenvalue weighted by molar-refractivity contribution is 9.10. The van der Waals surface area contributed by atoms with Crippen LogP contribution in [0.15, 0.2) is 41.1 Å². The molecule has 5 heteroatoms. The van der Waals surface area contributed by atoms with Crippen LogP contribution in [0.1, 0.15) is 11.1 Å². The number of benzene rings is 1. The molecule has 0 spiro atoms. The van der Waals surface area contributed by atoms with Gasteiger partial charge in [0, 0.05) is 27.1 Å². The Hall–Kier alpha value is -0.940. The van der Waals surface area contributed by atoms with Crippen LogP contribution in [0, 0.1) is 5.82 Å². The van der Waals surface area contributed by atoms with Crippen molar-refractivity contribution < 1.29 is 9.13 Å². The summed E-state index contributed by atoms with van der Waals surface area (Å²) < 4.78 is 19.6. The van der Waals surface area contributed by atoms with Crippen LogP contribution in [0.4, 0.5) is 4.39 Å². The summed E-state index contributed by atoms with van der Waals surface area (Å²) in [6.45, 7) is 0.298. The van der Waals surface area contributed by atoms with E-state index in [4.69, 9.17) is 4.74 Å². The number of hydrogen-bond donors (Lipinski definition) is 0. The highest BCUT2D eigenvalue weighted by Gasteiger charge is 2.04. The highest BCUT2D eigenvalue weighted by atomic mass is 79.9. The van der Waals surface area contributed by atoms with E-state index in [1.54, 1.807) is 6.20 Å². The van der Waals surface area contributed by atoms with Gasteiger partial charge in [-0.25, -0.2) is 4.39 Å². The molecule has 0 N–H and O–H groups in total. The normalized spacial score (nSPS) is 10.4. The molecule has 2 nitrogen and oxygen atoms in total. The third kappa shape index (κ3) is 3.53. The molecule has 0 unspecified atom stereocenters. The minimum Gasteiger partial charge on any atom is -0.489 e. The van der Waals surface area contributed by atoms with Gasteiger partial charge in [-0.2, -0.15) is 0 Å². The topological polar surface area (TPSA) is 22.1 Å². The van der Waals surface area contributed by atoms with Crippen LogP contribution < -0.4 is 4.74 Å². The summed E-state index contributed by atoms with van der Waals surface area (Å²) in [5.41, 5.74) is 1.74. The second kappa shape index (κ2) is 6.29. The summed E-state index contributed by atoms with van der Waals surface area (Å²) >= 11 is 6.81. The molecule has 1 heterocycles. The zero-order valence-electron chi connectivity index (χ0n) is 9.37. The lowest BCUT2D eigenvalue weighted by Gasteiger charge is -2.10. The molecule has 0 atom stereocenters. The maximum Gasteiger partial charge on any atom is 0.141 e. The zero-order valence-corrected chi connectivity index (χ0v) is 12.5. The van der Waals surface area contributed by atoms with E-state index in [0.29, 0.717) is 17.5 Å². The molecule has 0 aliphatic heterocycles. The molecule has 0 amide bonds. The Morgan fingerprint density at radius 1 is 1.22 bits per heavy atom. The van der Waals surface area contributed by atoms with E-state index in [0.717, 1.165) is 15.8 Å². The first kappa shape index (κ1) is 13.5. The zero-order chi connectivity index (χ0) is 13.0. The molecule has 0 saturated heterocycles. The maximum absolute atomic E-state index is 13.0. The number of aromatic nitrogens is 1. The Labute approximate surface area is 121 Å². The van der Waals surface area contributed by atoms with Crippen LogP contribution in [0.5, 0.6) is 5.75 Å².